The summed E-state index contributed by atoms with van der Waals surface area (Å²) in [5.41, 5.74) is 1.36. The molecule has 1 unspecified atom stereocenters. The van der Waals surface area contributed by atoms with E-state index in [9.17, 15) is 9.59 Å². The molecule has 0 aromatic heterocycles. The van der Waals surface area contributed by atoms with Gasteiger partial charge in [-0.3, -0.25) is 14.5 Å². The lowest BCUT2D eigenvalue weighted by Crippen LogP contribution is -2.54. The van der Waals surface area contributed by atoms with Gasteiger partial charge in [0.2, 0.25) is 12.3 Å². The van der Waals surface area contributed by atoms with Crippen LogP contribution in [0.2, 0.25) is 0 Å². The standard InChI is InChI=1S/C13H20N4O3/c1-9-12(15-8-18)3-10(4-14-9)16-13(19)7-17-5-11(6-17)20-2/h3-4,8-9,11,14H,5-7H2,1-2H3,(H,15,18)(H,16,19). The van der Waals surface area contributed by atoms with Crippen LogP contribution >= 0.6 is 0 Å². The molecular weight excluding hydrogens is 260 g/mol. The van der Waals surface area contributed by atoms with Crippen molar-refractivity contribution < 1.29 is 14.3 Å². The van der Waals surface area contributed by atoms with E-state index < -0.39 is 0 Å². The number of carbonyl (C=O) groups excluding carboxylic acids is 2. The summed E-state index contributed by atoms with van der Waals surface area (Å²) >= 11 is 0. The first-order valence-corrected chi connectivity index (χ1v) is 6.55. The SMILES string of the molecule is COC1CN(CC(=O)NC2=CNC(C)C(NC=O)=C2)C1. The first-order valence-electron chi connectivity index (χ1n) is 6.55. The van der Waals surface area contributed by atoms with Gasteiger partial charge in [0.15, 0.2) is 0 Å². The largest absolute Gasteiger partial charge is 0.381 e. The number of nitrogens with one attached hydrogen (secondary N) is 3. The molecule has 1 fully saturated rings. The number of methoxy groups -OCH3 is 1. The fourth-order valence-electron chi connectivity index (χ4n) is 2.15. The van der Waals surface area contributed by atoms with Crippen LogP contribution in [0.4, 0.5) is 0 Å². The fraction of sp³-hybridized carbons (Fsp3) is 0.538. The van der Waals surface area contributed by atoms with Crippen molar-refractivity contribution in [1.82, 2.24) is 20.9 Å². The van der Waals surface area contributed by atoms with E-state index in [2.05, 4.69) is 16.0 Å². The monoisotopic (exact) mass is 280 g/mol. The first kappa shape index (κ1) is 14.5. The van der Waals surface area contributed by atoms with Crippen LogP contribution in [0.25, 0.3) is 0 Å². The third-order valence-electron chi connectivity index (χ3n) is 3.40. The van der Waals surface area contributed by atoms with Crippen molar-refractivity contribution in [3.8, 4) is 0 Å². The van der Waals surface area contributed by atoms with E-state index in [1.54, 1.807) is 19.4 Å². The summed E-state index contributed by atoms with van der Waals surface area (Å²) in [4.78, 5) is 24.4. The molecule has 110 valence electrons. The van der Waals surface area contributed by atoms with E-state index in [1.165, 1.54) is 0 Å². The summed E-state index contributed by atoms with van der Waals surface area (Å²) in [6, 6.07) is 0.0127. The zero-order chi connectivity index (χ0) is 14.5. The van der Waals surface area contributed by atoms with Crippen molar-refractivity contribution in [1.29, 1.82) is 0 Å². The summed E-state index contributed by atoms with van der Waals surface area (Å²) < 4.78 is 5.16. The van der Waals surface area contributed by atoms with Crippen molar-refractivity contribution in [3.05, 3.63) is 23.7 Å². The molecule has 3 N–H and O–H groups in total. The highest BCUT2D eigenvalue weighted by Crippen LogP contribution is 2.11. The lowest BCUT2D eigenvalue weighted by molar-refractivity contribution is -0.124. The van der Waals surface area contributed by atoms with Gasteiger partial charge in [0.25, 0.3) is 0 Å². The molecule has 0 spiro atoms. The highest BCUT2D eigenvalue weighted by molar-refractivity contribution is 5.80. The Morgan fingerprint density at radius 2 is 2.35 bits per heavy atom. The normalized spacial score (nSPS) is 23.0. The van der Waals surface area contributed by atoms with Crippen molar-refractivity contribution in [2.45, 2.75) is 19.1 Å². The van der Waals surface area contributed by atoms with Gasteiger partial charge in [0.05, 0.1) is 24.4 Å². The molecule has 2 aliphatic rings. The molecule has 1 atom stereocenters. The lowest BCUT2D eigenvalue weighted by atomic mass is 10.1. The fourth-order valence-corrected chi connectivity index (χ4v) is 2.15. The molecule has 2 aliphatic heterocycles. The van der Waals surface area contributed by atoms with Gasteiger partial charge in [0, 0.05) is 32.1 Å². The second-order valence-electron chi connectivity index (χ2n) is 4.95. The molecule has 2 amide bonds. The minimum Gasteiger partial charge on any atom is -0.381 e. The van der Waals surface area contributed by atoms with Crippen molar-refractivity contribution in [2.75, 3.05) is 26.7 Å². The zero-order valence-electron chi connectivity index (χ0n) is 11.7. The maximum atomic E-state index is 11.9. The van der Waals surface area contributed by atoms with Gasteiger partial charge in [-0.1, -0.05) is 0 Å². The van der Waals surface area contributed by atoms with Crippen LogP contribution in [0.5, 0.6) is 0 Å². The van der Waals surface area contributed by atoms with Crippen molar-refractivity contribution in [3.63, 3.8) is 0 Å². The Kier molecular flexibility index (Phi) is 4.75. The summed E-state index contributed by atoms with van der Waals surface area (Å²) in [5.74, 6) is -0.0798. The van der Waals surface area contributed by atoms with Gasteiger partial charge in [0.1, 0.15) is 0 Å². The van der Waals surface area contributed by atoms with Gasteiger partial charge < -0.3 is 20.7 Å². The molecule has 7 nitrogen and oxygen atoms in total. The molecule has 0 radical (unpaired) electrons. The first-order chi connectivity index (χ1) is 9.62. The average molecular weight is 280 g/mol. The highest BCUT2D eigenvalue weighted by Gasteiger charge is 2.27. The van der Waals surface area contributed by atoms with E-state index in [0.717, 1.165) is 18.8 Å². The summed E-state index contributed by atoms with van der Waals surface area (Å²) in [7, 11) is 1.67. The van der Waals surface area contributed by atoms with Crippen LogP contribution in [0.15, 0.2) is 23.7 Å². The molecular formula is C13H20N4O3. The number of hydrogen-bond acceptors (Lipinski definition) is 5. The Bertz CT molecular complexity index is 441. The van der Waals surface area contributed by atoms with Gasteiger partial charge in [-0.15, -0.1) is 0 Å². The molecule has 1 saturated heterocycles. The van der Waals surface area contributed by atoms with Crippen LogP contribution < -0.4 is 16.0 Å². The highest BCUT2D eigenvalue weighted by atomic mass is 16.5. The van der Waals surface area contributed by atoms with Crippen LogP contribution in [-0.2, 0) is 14.3 Å². The number of amides is 2. The van der Waals surface area contributed by atoms with E-state index >= 15 is 0 Å². The Hall–Kier alpha value is -1.86. The second kappa shape index (κ2) is 6.53. The molecule has 0 aromatic carbocycles. The minimum absolute atomic E-state index is 0.0127. The van der Waals surface area contributed by atoms with E-state index in [4.69, 9.17) is 4.74 Å². The smallest absolute Gasteiger partial charge is 0.238 e. The second-order valence-corrected chi connectivity index (χ2v) is 4.95. The summed E-state index contributed by atoms with van der Waals surface area (Å²) in [5, 5.41) is 8.49. The number of hydrogen-bond donors (Lipinski definition) is 3. The Morgan fingerprint density at radius 1 is 1.60 bits per heavy atom. The molecule has 20 heavy (non-hydrogen) atoms. The molecule has 0 aliphatic carbocycles. The molecule has 0 aromatic rings. The summed E-state index contributed by atoms with van der Waals surface area (Å²) in [6.07, 6.45) is 4.34. The molecule has 0 saturated carbocycles. The minimum atomic E-state index is -0.0798. The van der Waals surface area contributed by atoms with Gasteiger partial charge in [-0.05, 0) is 13.0 Å². The third kappa shape index (κ3) is 3.58. The number of likely N-dealkylation sites (tertiary alicyclic amines) is 1. The predicted molar refractivity (Wildman–Crippen MR) is 73.3 cm³/mol. The van der Waals surface area contributed by atoms with Crippen LogP contribution in [0.3, 0.4) is 0 Å². The number of nitrogens with zero attached hydrogens (tertiary/aromatic N) is 1. The van der Waals surface area contributed by atoms with Gasteiger partial charge in [-0.25, -0.2) is 0 Å². The number of carbonyl (C=O) groups is 2. The number of dihydropyridines is 1. The molecule has 2 heterocycles. The van der Waals surface area contributed by atoms with Gasteiger partial charge in [-0.2, -0.15) is 0 Å². The number of rotatable bonds is 6. The molecule has 0 bridgehead atoms. The van der Waals surface area contributed by atoms with E-state index in [1.807, 2.05) is 11.8 Å². The number of allylic oxidation sites excluding steroid dienone is 1. The third-order valence-corrected chi connectivity index (χ3v) is 3.40. The topological polar surface area (TPSA) is 82.7 Å². The van der Waals surface area contributed by atoms with Crippen LogP contribution in [0.1, 0.15) is 6.92 Å². The quantitative estimate of drug-likeness (QED) is 0.538. The Balaban J connectivity index is 1.81. The zero-order valence-corrected chi connectivity index (χ0v) is 11.7. The van der Waals surface area contributed by atoms with Crippen molar-refractivity contribution in [2.24, 2.45) is 0 Å². The summed E-state index contributed by atoms with van der Waals surface area (Å²) in [6.45, 7) is 3.83. The maximum absolute atomic E-state index is 11.9. The average Bonchev–Trinajstić information content (AvgIpc) is 2.37. The van der Waals surface area contributed by atoms with Crippen LogP contribution in [-0.4, -0.2) is 56.1 Å². The Labute approximate surface area is 118 Å². The molecule has 7 heteroatoms. The Morgan fingerprint density at radius 3 is 3.00 bits per heavy atom. The van der Waals surface area contributed by atoms with Crippen LogP contribution in [0, 0.1) is 0 Å². The van der Waals surface area contributed by atoms with Gasteiger partial charge >= 0.3 is 0 Å². The number of ether oxygens (including phenoxy) is 1. The van der Waals surface area contributed by atoms with Crippen molar-refractivity contribution >= 4 is 12.3 Å². The molecule has 2 rings (SSSR count). The van der Waals surface area contributed by atoms with E-state index in [0.29, 0.717) is 18.7 Å². The van der Waals surface area contributed by atoms with E-state index in [-0.39, 0.29) is 18.1 Å². The predicted octanol–water partition coefficient (Wildman–Crippen LogP) is -1.10. The maximum Gasteiger partial charge on any atom is 0.238 e. The lowest BCUT2D eigenvalue weighted by Gasteiger charge is -2.37.